The number of para-hydroxylation sites is 1. The molecule has 8 amide bonds. The van der Waals surface area contributed by atoms with Crippen molar-refractivity contribution >= 4 is 82.3 Å². The number of Topliss-reactive ketones (excluding diaryl/α,β-unsaturated/α-hetero) is 1. The number of aliphatic hydroxyl groups is 1. The number of nitrogens with zero attached hydrogens (tertiary/aromatic N) is 1. The minimum Gasteiger partial charge on any atom is -0.481 e. The molecule has 16 N–H and O–H groups in total. The number of benzene rings is 1. The summed E-state index contributed by atoms with van der Waals surface area (Å²) in [4.78, 5) is 155. The molecular formula is C41H59N11O16. The van der Waals surface area contributed by atoms with Gasteiger partial charge in [-0.25, -0.2) is 4.79 Å². The van der Waals surface area contributed by atoms with E-state index in [1.54, 1.807) is 19.1 Å². The van der Waals surface area contributed by atoms with Gasteiger partial charge in [-0.1, -0.05) is 19.1 Å². The van der Waals surface area contributed by atoms with Crippen LogP contribution in [0.2, 0.25) is 0 Å². The number of nitrogens with two attached hydrogens (primary N) is 3. The van der Waals surface area contributed by atoms with Gasteiger partial charge in [-0.15, -0.1) is 0 Å². The zero-order chi connectivity index (χ0) is 50.9. The molecule has 27 heteroatoms. The summed E-state index contributed by atoms with van der Waals surface area (Å²) in [7, 11) is 0. The first-order chi connectivity index (χ1) is 32.1. The van der Waals surface area contributed by atoms with Crippen LogP contribution in [-0.2, 0) is 57.5 Å². The maximum atomic E-state index is 13.4. The maximum Gasteiger partial charge on any atom is 0.329 e. The second-order valence-electron chi connectivity index (χ2n) is 15.6. The number of carboxylic acid groups (broad SMARTS) is 2. The summed E-state index contributed by atoms with van der Waals surface area (Å²) in [6.45, 7) is -1.53. The Labute approximate surface area is 388 Å². The minimum absolute atomic E-state index is 0.00371. The Bertz CT molecular complexity index is 2070. The van der Waals surface area contributed by atoms with Crippen LogP contribution in [0.3, 0.4) is 0 Å². The average Bonchev–Trinajstić information content (AvgIpc) is 3.26. The molecule has 68 heavy (non-hydrogen) atoms. The van der Waals surface area contributed by atoms with E-state index in [0.717, 1.165) is 0 Å². The number of aliphatic imine (C=N–C) groups is 1. The highest BCUT2D eigenvalue weighted by atomic mass is 16.5. The molecule has 374 valence electrons. The molecule has 0 aliphatic carbocycles. The Morgan fingerprint density at radius 2 is 1.38 bits per heavy atom. The second kappa shape index (κ2) is 29.2. The SMILES string of the molecule is CC1CCC(=NCC(=O)NC(CCCN)C(=O)NC(CC(=O)O)C(=O)NCC(=O)NC(CC(=O)O)C(=O)NCC(=O)NC(CO)C(N)=O)CCOC(=O)C(CC(=O)c2ccccc2N)NC(=O)C1. The van der Waals surface area contributed by atoms with E-state index in [2.05, 4.69) is 26.3 Å². The number of rotatable bonds is 25. The van der Waals surface area contributed by atoms with Crippen LogP contribution >= 0.6 is 0 Å². The Hall–Kier alpha value is -7.55. The first-order valence-electron chi connectivity index (χ1n) is 21.3. The number of ether oxygens (including phenoxy) is 1. The topological polar surface area (TPSA) is 449 Å². The van der Waals surface area contributed by atoms with E-state index in [4.69, 9.17) is 27.0 Å². The maximum absolute atomic E-state index is 13.4. The van der Waals surface area contributed by atoms with Crippen LogP contribution in [0.1, 0.15) is 75.1 Å². The van der Waals surface area contributed by atoms with Gasteiger partial charge in [0.25, 0.3) is 0 Å². The zero-order valence-electron chi connectivity index (χ0n) is 37.2. The summed E-state index contributed by atoms with van der Waals surface area (Å²) in [5, 5.41) is 43.3. The summed E-state index contributed by atoms with van der Waals surface area (Å²) < 4.78 is 5.39. The molecule has 0 spiro atoms. The molecular weight excluding hydrogens is 903 g/mol. The number of hydrogen-bond donors (Lipinski definition) is 13. The molecule has 6 unspecified atom stereocenters. The Morgan fingerprint density at radius 3 is 1.94 bits per heavy atom. The number of ketones is 1. The number of nitrogens with one attached hydrogen (secondary N) is 7. The van der Waals surface area contributed by atoms with Crippen molar-refractivity contribution in [2.24, 2.45) is 22.4 Å². The molecule has 1 aliphatic rings. The number of carbonyl (C=O) groups excluding carboxylic acids is 10. The van der Waals surface area contributed by atoms with Gasteiger partial charge in [0.2, 0.25) is 47.3 Å². The Morgan fingerprint density at radius 1 is 0.809 bits per heavy atom. The summed E-state index contributed by atoms with van der Waals surface area (Å²) in [6.07, 6.45) is -1.51. The number of hydrogen-bond acceptors (Lipinski definition) is 17. The summed E-state index contributed by atoms with van der Waals surface area (Å²) >= 11 is 0. The molecule has 0 radical (unpaired) electrons. The van der Waals surface area contributed by atoms with Crippen LogP contribution in [0.15, 0.2) is 29.3 Å². The highest BCUT2D eigenvalue weighted by Crippen LogP contribution is 2.17. The van der Waals surface area contributed by atoms with E-state index in [9.17, 15) is 67.7 Å². The summed E-state index contributed by atoms with van der Waals surface area (Å²) in [6, 6.07) is -1.53. The van der Waals surface area contributed by atoms with Gasteiger partial charge in [0, 0.05) is 36.2 Å². The lowest BCUT2D eigenvalue weighted by molar-refractivity contribution is -0.147. The van der Waals surface area contributed by atoms with E-state index in [1.807, 2.05) is 16.0 Å². The molecule has 27 nitrogen and oxygen atoms in total. The van der Waals surface area contributed by atoms with Gasteiger partial charge in [0.15, 0.2) is 5.78 Å². The highest BCUT2D eigenvalue weighted by molar-refractivity contribution is 6.03. The normalized spacial score (nSPS) is 17.7. The molecule has 6 atom stereocenters. The third-order valence-corrected chi connectivity index (χ3v) is 9.91. The van der Waals surface area contributed by atoms with Gasteiger partial charge < -0.3 is 74.5 Å². The smallest absolute Gasteiger partial charge is 0.329 e. The molecule has 1 saturated heterocycles. The van der Waals surface area contributed by atoms with E-state index >= 15 is 0 Å². The van der Waals surface area contributed by atoms with Crippen LogP contribution in [0.4, 0.5) is 5.69 Å². The highest BCUT2D eigenvalue weighted by Gasteiger charge is 2.31. The fraction of sp³-hybridized carbons (Fsp3) is 0.537. The standard InChI is InChI=1S/C41H59N11O16/c1-21-8-9-22(10-12-68-41(67)28(50-31(55)13-21)14-30(54)23-5-2-3-6-24(23)43)45-17-32(56)48-25(7-4-11-42)40(66)52-27(16-36(61)62)39(65)47-18-33(57)49-26(15-35(59)60)38(64)46-19-34(58)51-29(20-53)37(44)63/h2-3,5-6,21,25-29,53H,4,7-20,42-43H2,1H3,(H2,44,63)(H,46,64)(H,47,65)(H,48,56)(H,49,57)(H,50,55)(H,51,58)(H,52,66)(H,59,60)(H,61,62). The van der Waals surface area contributed by atoms with Gasteiger partial charge in [-0.05, 0) is 50.3 Å². The van der Waals surface area contributed by atoms with E-state index in [0.29, 0.717) is 18.6 Å². The number of anilines is 1. The van der Waals surface area contributed by atoms with E-state index in [-0.39, 0.29) is 56.0 Å². The van der Waals surface area contributed by atoms with Gasteiger partial charge in [-0.2, -0.15) is 0 Å². The van der Waals surface area contributed by atoms with Gasteiger partial charge >= 0.3 is 17.9 Å². The first-order valence-corrected chi connectivity index (χ1v) is 21.3. The van der Waals surface area contributed by atoms with Crippen molar-refractivity contribution in [2.45, 2.75) is 94.9 Å². The van der Waals surface area contributed by atoms with Crippen molar-refractivity contribution in [2.75, 3.05) is 45.1 Å². The number of carbonyl (C=O) groups is 12. The lowest BCUT2D eigenvalue weighted by Crippen LogP contribution is -2.56. The Kier molecular flexibility index (Phi) is 24.3. The number of cyclic esters (lactones) is 1. The molecule has 1 aliphatic heterocycles. The van der Waals surface area contributed by atoms with Crippen LogP contribution in [-0.4, -0.2) is 162 Å². The quantitative estimate of drug-likeness (QED) is 0.0248. The van der Waals surface area contributed by atoms with Crippen molar-refractivity contribution in [1.82, 2.24) is 37.2 Å². The van der Waals surface area contributed by atoms with E-state index in [1.165, 1.54) is 12.1 Å². The predicted molar refractivity (Wildman–Crippen MR) is 235 cm³/mol. The minimum atomic E-state index is -1.83. The monoisotopic (exact) mass is 961 g/mol. The fourth-order valence-electron chi connectivity index (χ4n) is 6.31. The van der Waals surface area contributed by atoms with Gasteiger partial charge in [0.05, 0.1) is 39.1 Å². The lowest BCUT2D eigenvalue weighted by Gasteiger charge is -2.22. The molecule has 1 aromatic carbocycles. The van der Waals surface area contributed by atoms with Crippen molar-refractivity contribution in [1.29, 1.82) is 0 Å². The van der Waals surface area contributed by atoms with Crippen molar-refractivity contribution in [3.63, 3.8) is 0 Å². The van der Waals surface area contributed by atoms with Crippen LogP contribution in [0.25, 0.3) is 0 Å². The number of esters is 1. The third kappa shape index (κ3) is 21.2. The van der Waals surface area contributed by atoms with Gasteiger partial charge in [-0.3, -0.25) is 57.7 Å². The summed E-state index contributed by atoms with van der Waals surface area (Å²) in [5.74, 6) is -12.6. The zero-order valence-corrected chi connectivity index (χ0v) is 37.2. The van der Waals surface area contributed by atoms with Gasteiger partial charge in [0.1, 0.15) is 36.8 Å². The molecule has 0 aromatic heterocycles. The second-order valence-corrected chi connectivity index (χ2v) is 15.6. The van der Waals surface area contributed by atoms with Crippen molar-refractivity contribution in [3.8, 4) is 0 Å². The lowest BCUT2D eigenvalue weighted by atomic mass is 9.97. The first kappa shape index (κ1) is 56.6. The number of carboxylic acids is 2. The average molecular weight is 962 g/mol. The summed E-state index contributed by atoms with van der Waals surface area (Å²) in [5.41, 5.74) is 17.4. The largest absolute Gasteiger partial charge is 0.481 e. The van der Waals surface area contributed by atoms with Crippen LogP contribution in [0, 0.1) is 5.92 Å². The third-order valence-electron chi connectivity index (χ3n) is 9.91. The molecule has 2 rings (SSSR count). The predicted octanol–water partition coefficient (Wildman–Crippen LogP) is -5.14. The fourth-order valence-corrected chi connectivity index (χ4v) is 6.31. The Balaban J connectivity index is 2.09. The van der Waals surface area contributed by atoms with Crippen molar-refractivity contribution < 1.29 is 77.6 Å². The molecule has 0 bridgehead atoms. The number of aliphatic carboxylic acids is 2. The molecule has 1 aromatic rings. The number of primary amides is 1. The van der Waals surface area contributed by atoms with Crippen LogP contribution < -0.4 is 54.4 Å². The number of amides is 8. The molecule has 0 saturated carbocycles. The van der Waals surface area contributed by atoms with Crippen molar-refractivity contribution in [3.05, 3.63) is 29.8 Å². The van der Waals surface area contributed by atoms with Crippen LogP contribution in [0.5, 0.6) is 0 Å². The number of aliphatic hydroxyl groups excluding tert-OH is 1. The molecule has 1 fully saturated rings. The molecule has 1 heterocycles. The van der Waals surface area contributed by atoms with E-state index < -0.39 is 147 Å². The number of nitrogen functional groups attached to an aromatic ring is 1.